The van der Waals surface area contributed by atoms with Crippen molar-refractivity contribution in [3.8, 4) is 0 Å². The first-order chi connectivity index (χ1) is 7.34. The van der Waals surface area contributed by atoms with Gasteiger partial charge in [-0.2, -0.15) is 13.2 Å². The Labute approximate surface area is 95.6 Å². The zero-order chi connectivity index (χ0) is 12.3. The predicted octanol–water partition coefficient (Wildman–Crippen LogP) is 2.74. The topological polar surface area (TPSA) is 52.0 Å². The Balaban J connectivity index is 2.79. The van der Waals surface area contributed by atoms with Gasteiger partial charge in [0.2, 0.25) is 0 Å². The van der Waals surface area contributed by atoms with Crippen LogP contribution in [0.4, 0.5) is 13.2 Å². The molecule has 2 unspecified atom stereocenters. The van der Waals surface area contributed by atoms with E-state index in [1.54, 1.807) is 13.8 Å². The van der Waals surface area contributed by atoms with Crippen molar-refractivity contribution in [2.75, 3.05) is 0 Å². The van der Waals surface area contributed by atoms with Crippen LogP contribution in [0.2, 0.25) is 0 Å². The van der Waals surface area contributed by atoms with Gasteiger partial charge in [-0.05, 0) is 13.3 Å². The van der Waals surface area contributed by atoms with Crippen molar-refractivity contribution >= 4 is 11.8 Å². The molecule has 2 atom stereocenters. The zero-order valence-electron chi connectivity index (χ0n) is 8.91. The van der Waals surface area contributed by atoms with Gasteiger partial charge in [-0.15, -0.1) is 0 Å². The Kier molecular flexibility index (Phi) is 4.26. The van der Waals surface area contributed by atoms with E-state index < -0.39 is 17.5 Å². The highest BCUT2D eigenvalue weighted by molar-refractivity contribution is 7.99. The van der Waals surface area contributed by atoms with Crippen LogP contribution in [0.1, 0.15) is 19.0 Å². The molecule has 0 fully saturated rings. The van der Waals surface area contributed by atoms with E-state index in [2.05, 4.69) is 4.98 Å². The normalized spacial score (nSPS) is 16.1. The maximum Gasteiger partial charge on any atom is 0.402 e. The first-order valence-corrected chi connectivity index (χ1v) is 5.63. The summed E-state index contributed by atoms with van der Waals surface area (Å²) in [7, 11) is 0. The van der Waals surface area contributed by atoms with E-state index in [0.717, 1.165) is 0 Å². The second-order valence-corrected chi connectivity index (χ2v) is 4.50. The number of alkyl halides is 3. The molecule has 1 rings (SSSR count). The summed E-state index contributed by atoms with van der Waals surface area (Å²) in [5.41, 5.74) is 6.00. The second-order valence-electron chi connectivity index (χ2n) is 3.41. The molecule has 0 aromatic carbocycles. The van der Waals surface area contributed by atoms with Crippen molar-refractivity contribution < 1.29 is 17.6 Å². The molecule has 1 aromatic heterocycles. The van der Waals surface area contributed by atoms with Gasteiger partial charge in [0.25, 0.3) is 5.22 Å². The third-order valence-electron chi connectivity index (χ3n) is 2.01. The highest BCUT2D eigenvalue weighted by Gasteiger charge is 2.44. The molecular formula is C9H13F3N2OS. The highest BCUT2D eigenvalue weighted by Crippen LogP contribution is 2.36. The predicted molar refractivity (Wildman–Crippen MR) is 55.2 cm³/mol. The molecule has 0 saturated heterocycles. The van der Waals surface area contributed by atoms with Gasteiger partial charge in [0, 0.05) is 6.04 Å². The maximum absolute atomic E-state index is 12.7. The first-order valence-electron chi connectivity index (χ1n) is 4.75. The standard InChI is InChI=1S/C9H13F3N2OS/c1-3-6(13)7(9(10,11)12)16-8-14-5(2)4-15-8/h4,6-7H,3,13H2,1-2H3. The lowest BCUT2D eigenvalue weighted by Crippen LogP contribution is -2.42. The molecule has 16 heavy (non-hydrogen) atoms. The molecule has 7 heteroatoms. The molecule has 0 aliphatic carbocycles. The molecule has 0 aliphatic heterocycles. The van der Waals surface area contributed by atoms with Crippen molar-refractivity contribution in [2.24, 2.45) is 5.73 Å². The Morgan fingerprint density at radius 1 is 1.56 bits per heavy atom. The van der Waals surface area contributed by atoms with E-state index in [0.29, 0.717) is 17.5 Å². The van der Waals surface area contributed by atoms with Crippen LogP contribution in [0, 0.1) is 6.92 Å². The molecular weight excluding hydrogens is 241 g/mol. The summed E-state index contributed by atoms with van der Waals surface area (Å²) in [5.74, 6) is 0. The van der Waals surface area contributed by atoms with Gasteiger partial charge in [-0.25, -0.2) is 4.98 Å². The van der Waals surface area contributed by atoms with E-state index in [9.17, 15) is 13.2 Å². The molecule has 2 N–H and O–H groups in total. The quantitative estimate of drug-likeness (QED) is 0.839. The Bertz CT molecular complexity index is 340. The molecule has 92 valence electrons. The number of nitrogens with zero attached hydrogens (tertiary/aromatic N) is 1. The smallest absolute Gasteiger partial charge is 0.402 e. The van der Waals surface area contributed by atoms with E-state index in [4.69, 9.17) is 10.2 Å². The number of oxazole rings is 1. The average Bonchev–Trinajstić information content (AvgIpc) is 2.57. The fraction of sp³-hybridized carbons (Fsp3) is 0.667. The zero-order valence-corrected chi connectivity index (χ0v) is 9.73. The van der Waals surface area contributed by atoms with Crippen LogP contribution in [0.5, 0.6) is 0 Å². The number of nitrogens with two attached hydrogens (primary N) is 1. The van der Waals surface area contributed by atoms with Gasteiger partial charge >= 0.3 is 6.18 Å². The summed E-state index contributed by atoms with van der Waals surface area (Å²) in [5, 5.41) is -1.68. The molecule has 0 saturated carbocycles. The Hall–Kier alpha value is -0.690. The van der Waals surface area contributed by atoms with Gasteiger partial charge in [-0.3, -0.25) is 0 Å². The summed E-state index contributed by atoms with van der Waals surface area (Å²) in [6.07, 6.45) is -2.80. The van der Waals surface area contributed by atoms with Gasteiger partial charge in [-0.1, -0.05) is 18.7 Å². The second kappa shape index (κ2) is 5.09. The molecule has 0 amide bonds. The Morgan fingerprint density at radius 2 is 2.19 bits per heavy atom. The largest absolute Gasteiger partial charge is 0.440 e. The molecule has 0 bridgehead atoms. The fourth-order valence-corrected chi connectivity index (χ4v) is 2.12. The van der Waals surface area contributed by atoms with E-state index in [1.165, 1.54) is 6.26 Å². The summed E-state index contributed by atoms with van der Waals surface area (Å²) in [6, 6.07) is -0.961. The number of rotatable bonds is 4. The number of aromatic nitrogens is 1. The van der Waals surface area contributed by atoms with Crippen molar-refractivity contribution in [1.29, 1.82) is 0 Å². The monoisotopic (exact) mass is 254 g/mol. The average molecular weight is 254 g/mol. The SMILES string of the molecule is CCC(N)C(Sc1nc(C)co1)C(F)(F)F. The maximum atomic E-state index is 12.7. The Morgan fingerprint density at radius 3 is 2.56 bits per heavy atom. The van der Waals surface area contributed by atoms with Crippen LogP contribution in [-0.2, 0) is 0 Å². The lowest BCUT2D eigenvalue weighted by Gasteiger charge is -2.23. The summed E-state index contributed by atoms with van der Waals surface area (Å²) < 4.78 is 42.9. The number of hydrogen-bond acceptors (Lipinski definition) is 4. The van der Waals surface area contributed by atoms with Crippen LogP contribution in [-0.4, -0.2) is 22.5 Å². The fourth-order valence-electron chi connectivity index (χ4n) is 1.11. The van der Waals surface area contributed by atoms with Crippen molar-refractivity contribution in [2.45, 2.75) is 43.0 Å². The summed E-state index contributed by atoms with van der Waals surface area (Å²) in [6.45, 7) is 3.26. The number of thioether (sulfide) groups is 1. The minimum Gasteiger partial charge on any atom is -0.440 e. The van der Waals surface area contributed by atoms with Crippen LogP contribution in [0.3, 0.4) is 0 Å². The lowest BCUT2D eigenvalue weighted by atomic mass is 10.1. The third-order valence-corrected chi connectivity index (χ3v) is 3.27. The van der Waals surface area contributed by atoms with Gasteiger partial charge < -0.3 is 10.2 Å². The molecule has 0 spiro atoms. The van der Waals surface area contributed by atoms with Crippen molar-refractivity contribution in [3.63, 3.8) is 0 Å². The third kappa shape index (κ3) is 3.41. The minimum absolute atomic E-state index is 0.00345. The highest BCUT2D eigenvalue weighted by atomic mass is 32.2. The van der Waals surface area contributed by atoms with E-state index in [-0.39, 0.29) is 11.6 Å². The first kappa shape index (κ1) is 13.4. The molecule has 0 aliphatic rings. The van der Waals surface area contributed by atoms with Crippen LogP contribution < -0.4 is 5.73 Å². The minimum atomic E-state index is -4.36. The van der Waals surface area contributed by atoms with E-state index >= 15 is 0 Å². The van der Waals surface area contributed by atoms with Crippen molar-refractivity contribution in [3.05, 3.63) is 12.0 Å². The van der Waals surface area contributed by atoms with E-state index in [1.807, 2.05) is 0 Å². The van der Waals surface area contributed by atoms with Crippen LogP contribution >= 0.6 is 11.8 Å². The number of aryl methyl sites for hydroxylation is 1. The molecule has 0 radical (unpaired) electrons. The van der Waals surface area contributed by atoms with Gasteiger partial charge in [0.05, 0.1) is 5.69 Å². The van der Waals surface area contributed by atoms with Crippen LogP contribution in [0.25, 0.3) is 0 Å². The molecule has 1 heterocycles. The summed E-state index contributed by atoms with van der Waals surface area (Å²) in [4.78, 5) is 3.82. The molecule has 1 aromatic rings. The van der Waals surface area contributed by atoms with Crippen molar-refractivity contribution in [1.82, 2.24) is 4.98 Å². The number of hydrogen-bond donors (Lipinski definition) is 1. The summed E-state index contributed by atoms with van der Waals surface area (Å²) >= 11 is 0.521. The van der Waals surface area contributed by atoms with Gasteiger partial charge in [0.1, 0.15) is 11.5 Å². The lowest BCUT2D eigenvalue weighted by molar-refractivity contribution is -0.132. The number of halogens is 3. The molecule has 3 nitrogen and oxygen atoms in total. The van der Waals surface area contributed by atoms with Gasteiger partial charge in [0.15, 0.2) is 0 Å². The van der Waals surface area contributed by atoms with Crippen LogP contribution in [0.15, 0.2) is 15.9 Å².